The van der Waals surface area contributed by atoms with Gasteiger partial charge in [-0.15, -0.1) is 0 Å². The second-order valence-corrected chi connectivity index (χ2v) is 6.85. The van der Waals surface area contributed by atoms with Gasteiger partial charge in [-0.1, -0.05) is 57.9 Å². The number of rotatable bonds is 3. The molecule has 0 aliphatic heterocycles. The minimum atomic E-state index is 0.254. The van der Waals surface area contributed by atoms with Crippen LogP contribution in [0, 0.1) is 0 Å². The van der Waals surface area contributed by atoms with Crippen LogP contribution in [0.25, 0.3) is 0 Å². The van der Waals surface area contributed by atoms with Crippen molar-refractivity contribution in [2.45, 2.75) is 57.3 Å². The van der Waals surface area contributed by atoms with Gasteiger partial charge in [0.25, 0.3) is 0 Å². The van der Waals surface area contributed by atoms with Crippen LogP contribution in [-0.2, 0) is 10.8 Å². The molecule has 1 aliphatic rings. The highest BCUT2D eigenvalue weighted by Gasteiger charge is 2.34. The van der Waals surface area contributed by atoms with E-state index in [9.17, 15) is 0 Å². The molecule has 1 aromatic carbocycles. The largest absolute Gasteiger partial charge is 0.319 e. The highest BCUT2D eigenvalue weighted by atomic mass is 14.8. The third-order valence-electron chi connectivity index (χ3n) is 4.44. The van der Waals surface area contributed by atoms with Gasteiger partial charge in [0.05, 0.1) is 0 Å². The van der Waals surface area contributed by atoms with Crippen LogP contribution in [0.1, 0.15) is 57.6 Å². The molecule has 0 amide bonds. The summed E-state index contributed by atoms with van der Waals surface area (Å²) in [4.78, 5) is 0. The van der Waals surface area contributed by atoms with Gasteiger partial charge < -0.3 is 5.32 Å². The average Bonchev–Trinajstić information content (AvgIpc) is 2.78. The molecular weight excluding hydrogens is 218 g/mol. The molecule has 18 heavy (non-hydrogen) atoms. The molecule has 0 atom stereocenters. The van der Waals surface area contributed by atoms with Crippen LogP contribution in [0.15, 0.2) is 24.3 Å². The zero-order valence-corrected chi connectivity index (χ0v) is 12.3. The van der Waals surface area contributed by atoms with Crippen molar-refractivity contribution >= 4 is 0 Å². The lowest BCUT2D eigenvalue weighted by atomic mass is 9.77. The first-order chi connectivity index (χ1) is 8.48. The Morgan fingerprint density at radius 2 is 1.61 bits per heavy atom. The van der Waals surface area contributed by atoms with Crippen molar-refractivity contribution in [2.75, 3.05) is 13.6 Å². The van der Waals surface area contributed by atoms with Gasteiger partial charge in [-0.25, -0.2) is 0 Å². The lowest BCUT2D eigenvalue weighted by molar-refractivity contribution is 0.420. The first-order valence-electron chi connectivity index (χ1n) is 7.24. The molecule has 1 heteroatoms. The van der Waals surface area contributed by atoms with Crippen molar-refractivity contribution in [2.24, 2.45) is 0 Å². The Kier molecular flexibility index (Phi) is 3.82. The minimum absolute atomic E-state index is 0.254. The van der Waals surface area contributed by atoms with Crippen LogP contribution in [0.5, 0.6) is 0 Å². The summed E-state index contributed by atoms with van der Waals surface area (Å²) in [5, 5.41) is 3.39. The van der Waals surface area contributed by atoms with Gasteiger partial charge in [0.1, 0.15) is 0 Å². The fraction of sp³-hybridized carbons (Fsp3) is 0.647. The summed E-state index contributed by atoms with van der Waals surface area (Å²) < 4.78 is 0. The van der Waals surface area contributed by atoms with Gasteiger partial charge in [-0.2, -0.15) is 0 Å². The smallest absolute Gasteiger partial charge is 0.00776 e. The highest BCUT2D eigenvalue weighted by Crippen LogP contribution is 2.41. The first-order valence-corrected chi connectivity index (χ1v) is 7.24. The Morgan fingerprint density at radius 1 is 1.06 bits per heavy atom. The molecular formula is C17H27N. The first kappa shape index (κ1) is 13.6. The number of benzene rings is 1. The lowest BCUT2D eigenvalue weighted by Gasteiger charge is -2.30. The zero-order chi connectivity index (χ0) is 13.2. The summed E-state index contributed by atoms with van der Waals surface area (Å²) in [5.74, 6) is 0. The van der Waals surface area contributed by atoms with Crippen molar-refractivity contribution in [1.82, 2.24) is 5.32 Å². The maximum Gasteiger partial charge on any atom is 0.00776 e. The highest BCUT2D eigenvalue weighted by molar-refractivity contribution is 5.33. The second kappa shape index (κ2) is 5.05. The SMILES string of the molecule is CNCC1(c2ccc(C(C)(C)C)cc2)CCCC1. The molecule has 1 N–H and O–H groups in total. The third-order valence-corrected chi connectivity index (χ3v) is 4.44. The maximum atomic E-state index is 3.39. The van der Waals surface area contributed by atoms with Crippen molar-refractivity contribution < 1.29 is 0 Å². The van der Waals surface area contributed by atoms with Gasteiger partial charge in [-0.05, 0) is 36.4 Å². The Balaban J connectivity index is 2.27. The van der Waals surface area contributed by atoms with Gasteiger partial charge in [0.2, 0.25) is 0 Å². The van der Waals surface area contributed by atoms with Gasteiger partial charge >= 0.3 is 0 Å². The minimum Gasteiger partial charge on any atom is -0.319 e. The fourth-order valence-electron chi connectivity index (χ4n) is 3.28. The molecule has 1 saturated carbocycles. The molecule has 0 heterocycles. The summed E-state index contributed by atoms with van der Waals surface area (Å²) in [6.45, 7) is 7.95. The standard InChI is InChI=1S/C17H27N/c1-16(2,3)14-7-9-15(10-8-14)17(13-18-4)11-5-6-12-17/h7-10,18H,5-6,11-13H2,1-4H3. The van der Waals surface area contributed by atoms with E-state index < -0.39 is 0 Å². The van der Waals surface area contributed by atoms with E-state index in [1.165, 1.54) is 36.8 Å². The molecule has 1 aliphatic carbocycles. The van der Waals surface area contributed by atoms with E-state index in [1.807, 2.05) is 0 Å². The van der Waals surface area contributed by atoms with E-state index in [-0.39, 0.29) is 5.41 Å². The van der Waals surface area contributed by atoms with E-state index in [1.54, 1.807) is 0 Å². The Hall–Kier alpha value is -0.820. The van der Waals surface area contributed by atoms with Crippen LogP contribution in [0.4, 0.5) is 0 Å². The van der Waals surface area contributed by atoms with E-state index in [2.05, 4.69) is 57.4 Å². The predicted octanol–water partition coefficient (Wildman–Crippen LogP) is 4.02. The fourth-order valence-corrected chi connectivity index (χ4v) is 3.28. The average molecular weight is 245 g/mol. The van der Waals surface area contributed by atoms with Gasteiger partial charge in [-0.3, -0.25) is 0 Å². The summed E-state index contributed by atoms with van der Waals surface area (Å²) >= 11 is 0. The number of nitrogens with one attached hydrogen (secondary N) is 1. The molecule has 100 valence electrons. The molecule has 1 aromatic rings. The van der Waals surface area contributed by atoms with E-state index in [4.69, 9.17) is 0 Å². The molecule has 1 fully saturated rings. The van der Waals surface area contributed by atoms with Crippen molar-refractivity contribution in [3.8, 4) is 0 Å². The molecule has 2 rings (SSSR count). The Labute approximate surface area is 112 Å². The van der Waals surface area contributed by atoms with E-state index in [0.717, 1.165) is 6.54 Å². The second-order valence-electron chi connectivity index (χ2n) is 6.85. The maximum absolute atomic E-state index is 3.39. The molecule has 0 radical (unpaired) electrons. The quantitative estimate of drug-likeness (QED) is 0.848. The van der Waals surface area contributed by atoms with Gasteiger partial charge in [0.15, 0.2) is 0 Å². The van der Waals surface area contributed by atoms with E-state index >= 15 is 0 Å². The number of hydrogen-bond donors (Lipinski definition) is 1. The molecule has 1 nitrogen and oxygen atoms in total. The van der Waals surface area contributed by atoms with Crippen molar-refractivity contribution in [1.29, 1.82) is 0 Å². The Morgan fingerprint density at radius 3 is 2.06 bits per heavy atom. The number of hydrogen-bond acceptors (Lipinski definition) is 1. The summed E-state index contributed by atoms with van der Waals surface area (Å²) in [6, 6.07) is 9.38. The summed E-state index contributed by atoms with van der Waals surface area (Å²) in [6.07, 6.45) is 5.43. The molecule has 0 bridgehead atoms. The van der Waals surface area contributed by atoms with Crippen LogP contribution < -0.4 is 5.32 Å². The van der Waals surface area contributed by atoms with Crippen LogP contribution >= 0.6 is 0 Å². The molecule has 0 unspecified atom stereocenters. The monoisotopic (exact) mass is 245 g/mol. The number of likely N-dealkylation sites (N-methyl/N-ethyl adjacent to an activating group) is 1. The van der Waals surface area contributed by atoms with Crippen LogP contribution in [0.3, 0.4) is 0 Å². The van der Waals surface area contributed by atoms with Crippen LogP contribution in [0.2, 0.25) is 0 Å². The predicted molar refractivity (Wildman–Crippen MR) is 79.2 cm³/mol. The van der Waals surface area contributed by atoms with E-state index in [0.29, 0.717) is 5.41 Å². The topological polar surface area (TPSA) is 12.0 Å². The normalized spacial score (nSPS) is 19.1. The van der Waals surface area contributed by atoms with Crippen molar-refractivity contribution in [3.05, 3.63) is 35.4 Å². The lowest BCUT2D eigenvalue weighted by Crippen LogP contribution is -2.34. The van der Waals surface area contributed by atoms with Crippen molar-refractivity contribution in [3.63, 3.8) is 0 Å². The zero-order valence-electron chi connectivity index (χ0n) is 12.3. The molecule has 0 spiro atoms. The molecule has 0 aromatic heterocycles. The summed E-state index contributed by atoms with van der Waals surface area (Å²) in [7, 11) is 2.07. The third kappa shape index (κ3) is 2.61. The Bertz CT molecular complexity index is 377. The summed E-state index contributed by atoms with van der Waals surface area (Å²) in [5.41, 5.74) is 3.61. The van der Waals surface area contributed by atoms with Crippen LogP contribution in [-0.4, -0.2) is 13.6 Å². The molecule has 0 saturated heterocycles. The van der Waals surface area contributed by atoms with Gasteiger partial charge in [0, 0.05) is 12.0 Å².